The van der Waals surface area contributed by atoms with Gasteiger partial charge in [-0.05, 0) is 64.1 Å². The molecule has 0 fully saturated rings. The highest BCUT2D eigenvalue weighted by Crippen LogP contribution is 2.37. The van der Waals surface area contributed by atoms with Gasteiger partial charge in [0.05, 0.1) is 13.5 Å². The van der Waals surface area contributed by atoms with Crippen molar-refractivity contribution in [3.8, 4) is 22.6 Å². The van der Waals surface area contributed by atoms with Crippen LogP contribution in [0, 0.1) is 5.82 Å². The van der Waals surface area contributed by atoms with Crippen LogP contribution >= 0.6 is 0 Å². The minimum atomic E-state index is -0.868. The van der Waals surface area contributed by atoms with Crippen molar-refractivity contribution in [1.82, 2.24) is 0 Å². The second-order valence-electron chi connectivity index (χ2n) is 9.27. The van der Waals surface area contributed by atoms with E-state index in [1.165, 1.54) is 6.07 Å². The number of rotatable bonds is 9. The average molecular weight is 463 g/mol. The Morgan fingerprint density at radius 3 is 2.29 bits per heavy atom. The van der Waals surface area contributed by atoms with E-state index in [0.717, 1.165) is 22.3 Å². The molecule has 178 valence electrons. The third-order valence-corrected chi connectivity index (χ3v) is 5.75. The van der Waals surface area contributed by atoms with E-state index in [2.05, 4.69) is 27.4 Å². The molecule has 1 atom stereocenters. The molecule has 0 aliphatic rings. The Kier molecular flexibility index (Phi) is 7.77. The minimum Gasteiger partial charge on any atom is -0.497 e. The Morgan fingerprint density at radius 2 is 1.71 bits per heavy atom. The first-order chi connectivity index (χ1) is 16.1. The number of benzene rings is 3. The fraction of sp³-hybridized carbons (Fsp3) is 0.276. The molecule has 0 aromatic heterocycles. The van der Waals surface area contributed by atoms with E-state index in [4.69, 9.17) is 14.6 Å². The molecule has 3 aromatic rings. The lowest BCUT2D eigenvalue weighted by Gasteiger charge is -2.24. The Balaban J connectivity index is 1.86. The third kappa shape index (κ3) is 6.04. The lowest BCUT2D eigenvalue weighted by molar-refractivity contribution is -0.137. The SMILES string of the molecule is C=C[C@H](CC(=O)O)c1ccc(OCc2ccc(C(C)(C)C)c(-c3cc(OC)ccc3F)c2)cc1. The van der Waals surface area contributed by atoms with Crippen LogP contribution in [0.25, 0.3) is 11.1 Å². The molecule has 0 radical (unpaired) electrons. The van der Waals surface area contributed by atoms with Crippen molar-refractivity contribution in [3.63, 3.8) is 0 Å². The molecule has 5 heteroatoms. The first-order valence-electron chi connectivity index (χ1n) is 11.2. The molecule has 0 bridgehead atoms. The van der Waals surface area contributed by atoms with Gasteiger partial charge in [-0.1, -0.05) is 51.1 Å². The maximum absolute atomic E-state index is 14.8. The summed E-state index contributed by atoms with van der Waals surface area (Å²) < 4.78 is 26.1. The van der Waals surface area contributed by atoms with Gasteiger partial charge in [-0.25, -0.2) is 4.39 Å². The zero-order valence-corrected chi connectivity index (χ0v) is 20.1. The van der Waals surface area contributed by atoms with E-state index in [1.54, 1.807) is 25.3 Å². The van der Waals surface area contributed by atoms with Crippen molar-refractivity contribution < 1.29 is 23.8 Å². The van der Waals surface area contributed by atoms with Crippen LogP contribution < -0.4 is 9.47 Å². The minimum absolute atomic E-state index is 0.00651. The number of halogens is 1. The highest BCUT2D eigenvalue weighted by Gasteiger charge is 2.21. The van der Waals surface area contributed by atoms with Crippen LogP contribution in [-0.4, -0.2) is 18.2 Å². The average Bonchev–Trinajstić information content (AvgIpc) is 2.81. The fourth-order valence-electron chi connectivity index (χ4n) is 3.90. The molecule has 0 saturated carbocycles. The summed E-state index contributed by atoms with van der Waals surface area (Å²) in [6, 6.07) is 18.1. The lowest BCUT2D eigenvalue weighted by Crippen LogP contribution is -2.13. The number of methoxy groups -OCH3 is 1. The van der Waals surface area contributed by atoms with Crippen LogP contribution in [-0.2, 0) is 16.8 Å². The fourth-order valence-corrected chi connectivity index (χ4v) is 3.90. The molecule has 34 heavy (non-hydrogen) atoms. The molecule has 0 saturated heterocycles. The van der Waals surface area contributed by atoms with Gasteiger partial charge in [-0.3, -0.25) is 4.79 Å². The summed E-state index contributed by atoms with van der Waals surface area (Å²) in [6.07, 6.45) is 1.63. The Hall–Kier alpha value is -3.60. The van der Waals surface area contributed by atoms with Crippen LogP contribution in [0.3, 0.4) is 0 Å². The zero-order valence-electron chi connectivity index (χ0n) is 20.1. The summed E-state index contributed by atoms with van der Waals surface area (Å²) in [4.78, 5) is 11.0. The van der Waals surface area contributed by atoms with Crippen LogP contribution in [0.4, 0.5) is 4.39 Å². The molecule has 3 rings (SSSR count). The van der Waals surface area contributed by atoms with Gasteiger partial charge in [-0.15, -0.1) is 6.58 Å². The molecule has 0 spiro atoms. The van der Waals surface area contributed by atoms with Gasteiger partial charge in [-0.2, -0.15) is 0 Å². The highest BCUT2D eigenvalue weighted by atomic mass is 19.1. The van der Waals surface area contributed by atoms with E-state index in [9.17, 15) is 9.18 Å². The molecule has 0 unspecified atom stereocenters. The van der Waals surface area contributed by atoms with Crippen LogP contribution in [0.1, 0.15) is 49.8 Å². The number of carboxylic acids is 1. The second kappa shape index (κ2) is 10.6. The summed E-state index contributed by atoms with van der Waals surface area (Å²) in [5, 5.41) is 9.06. The topological polar surface area (TPSA) is 55.8 Å². The van der Waals surface area contributed by atoms with Gasteiger partial charge in [0.15, 0.2) is 0 Å². The van der Waals surface area contributed by atoms with Crippen LogP contribution in [0.2, 0.25) is 0 Å². The summed E-state index contributed by atoms with van der Waals surface area (Å²) >= 11 is 0. The van der Waals surface area contributed by atoms with E-state index in [1.807, 2.05) is 42.5 Å². The van der Waals surface area contributed by atoms with Crippen LogP contribution in [0.5, 0.6) is 11.5 Å². The highest BCUT2D eigenvalue weighted by molar-refractivity contribution is 5.71. The smallest absolute Gasteiger partial charge is 0.304 e. The van der Waals surface area contributed by atoms with Gasteiger partial charge in [0.1, 0.15) is 23.9 Å². The molecule has 1 N–H and O–H groups in total. The summed E-state index contributed by atoms with van der Waals surface area (Å²) in [6.45, 7) is 10.3. The molecule has 0 heterocycles. The lowest BCUT2D eigenvalue weighted by atomic mass is 9.81. The van der Waals surface area contributed by atoms with Gasteiger partial charge < -0.3 is 14.6 Å². The van der Waals surface area contributed by atoms with Crippen molar-refractivity contribution in [2.75, 3.05) is 7.11 Å². The first kappa shape index (κ1) is 25.0. The van der Waals surface area contributed by atoms with Crippen molar-refractivity contribution in [2.45, 2.75) is 45.1 Å². The van der Waals surface area contributed by atoms with Gasteiger partial charge in [0.25, 0.3) is 0 Å². The van der Waals surface area contributed by atoms with Crippen molar-refractivity contribution in [2.24, 2.45) is 0 Å². The monoisotopic (exact) mass is 462 g/mol. The van der Waals surface area contributed by atoms with E-state index < -0.39 is 5.97 Å². The molecule has 4 nitrogen and oxygen atoms in total. The Bertz CT molecular complexity index is 1160. The first-order valence-corrected chi connectivity index (χ1v) is 11.2. The van der Waals surface area contributed by atoms with Crippen molar-refractivity contribution in [3.05, 3.63) is 95.8 Å². The van der Waals surface area contributed by atoms with E-state index in [-0.39, 0.29) is 23.6 Å². The molecule has 0 aliphatic carbocycles. The maximum Gasteiger partial charge on any atom is 0.304 e. The summed E-state index contributed by atoms with van der Waals surface area (Å²) in [7, 11) is 1.57. The van der Waals surface area contributed by atoms with Gasteiger partial charge in [0, 0.05) is 11.5 Å². The number of aliphatic carboxylic acids is 1. The Labute approximate surface area is 200 Å². The molecular weight excluding hydrogens is 431 g/mol. The van der Waals surface area contributed by atoms with E-state index in [0.29, 0.717) is 23.7 Å². The van der Waals surface area contributed by atoms with Crippen molar-refractivity contribution in [1.29, 1.82) is 0 Å². The standard InChI is InChI=1S/C29H31FO4/c1-6-20(16-28(31)32)21-8-10-22(11-9-21)34-18-19-7-13-26(29(2,3)4)24(15-19)25-17-23(33-5)12-14-27(25)30/h6-15,17,20H,1,16,18H2,2-5H3,(H,31,32)/t20-/m1/s1. The molecule has 0 amide bonds. The second-order valence-corrected chi connectivity index (χ2v) is 9.27. The quantitative estimate of drug-likeness (QED) is 0.344. The van der Waals surface area contributed by atoms with E-state index >= 15 is 0 Å². The number of hydrogen-bond acceptors (Lipinski definition) is 3. The number of carboxylic acid groups (broad SMARTS) is 1. The van der Waals surface area contributed by atoms with Crippen molar-refractivity contribution >= 4 is 5.97 Å². The zero-order chi connectivity index (χ0) is 24.9. The Morgan fingerprint density at radius 1 is 1.03 bits per heavy atom. The number of allylic oxidation sites excluding steroid dienone is 1. The van der Waals surface area contributed by atoms with Crippen LogP contribution in [0.15, 0.2) is 73.3 Å². The number of ether oxygens (including phenoxy) is 2. The predicted octanol–water partition coefficient (Wildman–Crippen LogP) is 7.12. The third-order valence-electron chi connectivity index (χ3n) is 5.75. The molecule has 3 aromatic carbocycles. The molecular formula is C29H31FO4. The maximum atomic E-state index is 14.8. The summed E-state index contributed by atoms with van der Waals surface area (Å²) in [5.74, 6) is -0.170. The predicted molar refractivity (Wildman–Crippen MR) is 133 cm³/mol. The number of carbonyl (C=O) groups is 1. The number of hydrogen-bond donors (Lipinski definition) is 1. The van der Waals surface area contributed by atoms with Gasteiger partial charge >= 0.3 is 5.97 Å². The molecule has 0 aliphatic heterocycles. The van der Waals surface area contributed by atoms with Gasteiger partial charge in [0.2, 0.25) is 0 Å². The summed E-state index contributed by atoms with van der Waals surface area (Å²) in [5.41, 5.74) is 3.92. The largest absolute Gasteiger partial charge is 0.497 e. The normalized spacial score (nSPS) is 12.1.